The molecule has 0 aromatic rings. The highest BCUT2D eigenvalue weighted by Gasteiger charge is 2.80. The number of hydrogen-bond donors (Lipinski definition) is 1. The molecule has 3 heterocycles. The van der Waals surface area contributed by atoms with Gasteiger partial charge in [0.1, 0.15) is 6.10 Å². The lowest BCUT2D eigenvalue weighted by atomic mass is 9.46. The van der Waals surface area contributed by atoms with Gasteiger partial charge in [-0.2, -0.15) is 0 Å². The summed E-state index contributed by atoms with van der Waals surface area (Å²) in [6, 6.07) is 0.668. The smallest absolute Gasteiger partial charge is 0.170 e. The van der Waals surface area contributed by atoms with Crippen LogP contribution in [-0.4, -0.2) is 103 Å². The van der Waals surface area contributed by atoms with Crippen LogP contribution in [0.25, 0.3) is 0 Å². The van der Waals surface area contributed by atoms with Crippen molar-refractivity contribution in [2.45, 2.75) is 162 Å². The zero-order valence-corrected chi connectivity index (χ0v) is 31.8. The first kappa shape index (κ1) is 34.8. The summed E-state index contributed by atoms with van der Waals surface area (Å²) >= 11 is 0. The Hall–Kier alpha value is -0.280. The van der Waals surface area contributed by atoms with Crippen LogP contribution in [0.5, 0.6) is 0 Å². The van der Waals surface area contributed by atoms with Gasteiger partial charge in [0.15, 0.2) is 6.29 Å². The van der Waals surface area contributed by atoms with Gasteiger partial charge in [0.25, 0.3) is 0 Å². The van der Waals surface area contributed by atoms with Crippen LogP contribution < -0.4 is 0 Å². The largest absolute Gasteiger partial charge is 0.388 e. The van der Waals surface area contributed by atoms with E-state index in [2.05, 4.69) is 44.4 Å². The van der Waals surface area contributed by atoms with Crippen molar-refractivity contribution in [2.75, 3.05) is 45.9 Å². The molecule has 5 saturated carbocycles. The summed E-state index contributed by atoms with van der Waals surface area (Å²) in [4.78, 5) is 5.22. The van der Waals surface area contributed by atoms with E-state index in [0.29, 0.717) is 40.9 Å². The van der Waals surface area contributed by atoms with E-state index in [0.717, 1.165) is 49.8 Å². The zero-order valence-electron chi connectivity index (χ0n) is 31.8. The molecule has 1 N–H and O–H groups in total. The monoisotopic (exact) mass is 671 g/mol. The van der Waals surface area contributed by atoms with Gasteiger partial charge in [-0.05, 0) is 150 Å². The minimum atomic E-state index is -0.894. The van der Waals surface area contributed by atoms with Gasteiger partial charge >= 0.3 is 0 Å². The third-order valence-electron chi connectivity index (χ3n) is 16.6. The lowest BCUT2D eigenvalue weighted by molar-refractivity contribution is -0.246. The third-order valence-corrected chi connectivity index (χ3v) is 16.6. The van der Waals surface area contributed by atoms with Crippen molar-refractivity contribution in [3.8, 4) is 0 Å². The van der Waals surface area contributed by atoms with E-state index in [1.807, 2.05) is 20.8 Å². The Kier molecular flexibility index (Phi) is 8.79. The molecule has 8 aliphatic rings. The lowest BCUT2D eigenvalue weighted by Gasteiger charge is -2.60. The predicted octanol–water partition coefficient (Wildman–Crippen LogP) is 6.75. The molecule has 3 saturated heterocycles. The molecule has 0 amide bonds. The van der Waals surface area contributed by atoms with Crippen molar-refractivity contribution < 1.29 is 24.1 Å². The number of nitrogens with zero attached hydrogens (tertiary/aromatic N) is 2. The van der Waals surface area contributed by atoms with Gasteiger partial charge < -0.3 is 29.0 Å². The molecule has 2 spiro atoms. The zero-order chi connectivity index (χ0) is 33.9. The molecule has 48 heavy (non-hydrogen) atoms. The Labute approximate surface area is 292 Å². The van der Waals surface area contributed by atoms with Crippen molar-refractivity contribution in [3.63, 3.8) is 0 Å². The Bertz CT molecular complexity index is 1180. The number of ether oxygens (including phenoxy) is 4. The lowest BCUT2D eigenvalue weighted by Crippen LogP contribution is -2.57. The molecule has 8 rings (SSSR count). The van der Waals surface area contributed by atoms with Gasteiger partial charge in [-0.25, -0.2) is 0 Å². The van der Waals surface area contributed by atoms with E-state index in [1.165, 1.54) is 77.4 Å². The summed E-state index contributed by atoms with van der Waals surface area (Å²) < 4.78 is 26.4. The highest BCUT2D eigenvalue weighted by atomic mass is 16.7. The fraction of sp³-hybridized carbons (Fsp3) is 1.00. The number of aliphatic hydroxyl groups is 1. The fourth-order valence-electron chi connectivity index (χ4n) is 14.3. The van der Waals surface area contributed by atoms with Crippen LogP contribution in [0.3, 0.4) is 0 Å². The van der Waals surface area contributed by atoms with E-state index < -0.39 is 5.60 Å². The molecule has 0 aromatic carbocycles. The van der Waals surface area contributed by atoms with Crippen LogP contribution in [-0.2, 0) is 18.9 Å². The molecule has 12 atom stereocenters. The predicted molar refractivity (Wildman–Crippen MR) is 189 cm³/mol. The van der Waals surface area contributed by atoms with E-state index in [9.17, 15) is 5.11 Å². The standard InChI is InChI=1S/C41H70N2O5/c1-9-45-36(38(6,7)44)31-12-10-29-32(47-31)20-30-28-11-13-33-37(4,5)34(14-15-41(33)25-40(28,41)17-16-39(29,30)8)48-35-24-42(18-19-46-35)21-27-22-43(23-27)26(2)3/h26-36,44H,9-25H2,1-8H3. The molecular weight excluding hydrogens is 600 g/mol. The van der Waals surface area contributed by atoms with Crippen molar-refractivity contribution in [2.24, 2.45) is 51.2 Å². The maximum absolute atomic E-state index is 11.0. The summed E-state index contributed by atoms with van der Waals surface area (Å²) in [7, 11) is 0. The summed E-state index contributed by atoms with van der Waals surface area (Å²) in [6.07, 6.45) is 13.3. The number of morpholine rings is 1. The molecule has 7 nitrogen and oxygen atoms in total. The average Bonchev–Trinajstić information content (AvgIpc) is 3.58. The van der Waals surface area contributed by atoms with E-state index >= 15 is 0 Å². The molecular formula is C41H70N2O5. The summed E-state index contributed by atoms with van der Waals surface area (Å²) in [5.74, 6) is 3.83. The SMILES string of the molecule is CCOC(C1CCC2C(CC3C4CCC5C(C)(C)C(OC6CN(CC7CN(C(C)C)C7)CCO6)CCC56CC46CCC23C)O1)C(C)(C)O. The molecule has 274 valence electrons. The Balaban J connectivity index is 0.919. The number of likely N-dealkylation sites (tertiary alicyclic amines) is 1. The first-order valence-corrected chi connectivity index (χ1v) is 20.4. The molecule has 12 unspecified atom stereocenters. The van der Waals surface area contributed by atoms with Crippen LogP contribution in [0.2, 0.25) is 0 Å². The number of hydrogen-bond acceptors (Lipinski definition) is 7. The molecule has 0 bridgehead atoms. The second-order valence-corrected chi connectivity index (χ2v) is 20.0. The van der Waals surface area contributed by atoms with Gasteiger partial charge in [0.2, 0.25) is 0 Å². The Morgan fingerprint density at radius 3 is 2.42 bits per heavy atom. The second kappa shape index (κ2) is 12.1. The molecule has 0 aromatic heterocycles. The van der Waals surface area contributed by atoms with Crippen LogP contribution >= 0.6 is 0 Å². The fourth-order valence-corrected chi connectivity index (χ4v) is 14.3. The molecule has 8 fully saturated rings. The average molecular weight is 671 g/mol. The number of fused-ring (bicyclic) bond motifs is 4. The van der Waals surface area contributed by atoms with Crippen molar-refractivity contribution in [3.05, 3.63) is 0 Å². The van der Waals surface area contributed by atoms with E-state index in [4.69, 9.17) is 18.9 Å². The normalized spacial score (nSPS) is 48.1. The first-order valence-electron chi connectivity index (χ1n) is 20.4. The van der Waals surface area contributed by atoms with Gasteiger partial charge in [-0.15, -0.1) is 0 Å². The Morgan fingerprint density at radius 2 is 1.69 bits per heavy atom. The maximum Gasteiger partial charge on any atom is 0.170 e. The van der Waals surface area contributed by atoms with Crippen LogP contribution in [0.4, 0.5) is 0 Å². The van der Waals surface area contributed by atoms with Gasteiger partial charge in [-0.1, -0.05) is 20.8 Å². The van der Waals surface area contributed by atoms with Crippen molar-refractivity contribution >= 4 is 0 Å². The van der Waals surface area contributed by atoms with Crippen LogP contribution in [0, 0.1) is 51.2 Å². The minimum absolute atomic E-state index is 0.00309. The molecule has 0 radical (unpaired) electrons. The second-order valence-electron chi connectivity index (χ2n) is 20.0. The van der Waals surface area contributed by atoms with E-state index in [-0.39, 0.29) is 30.0 Å². The minimum Gasteiger partial charge on any atom is -0.388 e. The summed E-state index contributed by atoms with van der Waals surface area (Å²) in [6.45, 7) is 25.3. The molecule has 5 aliphatic carbocycles. The van der Waals surface area contributed by atoms with Crippen molar-refractivity contribution in [1.82, 2.24) is 9.80 Å². The van der Waals surface area contributed by atoms with Gasteiger partial charge in [-0.3, -0.25) is 4.90 Å². The highest BCUT2D eigenvalue weighted by Crippen LogP contribution is 2.87. The van der Waals surface area contributed by atoms with Gasteiger partial charge in [0, 0.05) is 45.4 Å². The summed E-state index contributed by atoms with van der Waals surface area (Å²) in [5, 5.41) is 11.0. The van der Waals surface area contributed by atoms with Crippen molar-refractivity contribution in [1.29, 1.82) is 0 Å². The van der Waals surface area contributed by atoms with Gasteiger partial charge in [0.05, 0.1) is 30.5 Å². The molecule has 3 aliphatic heterocycles. The maximum atomic E-state index is 11.0. The number of rotatable bonds is 9. The Morgan fingerprint density at radius 1 is 0.917 bits per heavy atom. The quantitative estimate of drug-likeness (QED) is 0.291. The molecule has 7 heteroatoms. The van der Waals surface area contributed by atoms with Crippen LogP contribution in [0.1, 0.15) is 120 Å². The first-order chi connectivity index (χ1) is 22.7. The van der Waals surface area contributed by atoms with Crippen LogP contribution in [0.15, 0.2) is 0 Å². The highest BCUT2D eigenvalue weighted by molar-refractivity contribution is 5.29. The third kappa shape index (κ3) is 5.35. The topological polar surface area (TPSA) is 63.6 Å². The van der Waals surface area contributed by atoms with E-state index in [1.54, 1.807) is 0 Å². The summed E-state index contributed by atoms with van der Waals surface area (Å²) in [5.41, 5.74) is 0.738.